The molecule has 3 N–H and O–H groups in total. The highest BCUT2D eigenvalue weighted by molar-refractivity contribution is 9.10. The molecule has 0 aliphatic heterocycles. The molecule has 1 aliphatic rings. The largest absolute Gasteiger partial charge is 0.398 e. The topological polar surface area (TPSA) is 72.2 Å². The Morgan fingerprint density at radius 1 is 1.26 bits per heavy atom. The molecule has 0 unspecified atom stereocenters. The summed E-state index contributed by atoms with van der Waals surface area (Å²) in [5.41, 5.74) is 5.52. The quantitative estimate of drug-likeness (QED) is 0.823. The van der Waals surface area contributed by atoms with Gasteiger partial charge in [0.2, 0.25) is 10.0 Å². The summed E-state index contributed by atoms with van der Waals surface area (Å²) in [5, 5.41) is 0. The molecule has 0 atom stereocenters. The minimum absolute atomic E-state index is 0.0537. The first-order valence-corrected chi connectivity index (χ1v) is 8.44. The number of anilines is 1. The Kier molecular flexibility index (Phi) is 4.47. The van der Waals surface area contributed by atoms with Crippen molar-refractivity contribution in [2.75, 3.05) is 5.73 Å². The standard InChI is InChI=1S/C12H16BrFN2O2S/c13-9-6-12(11(15)7-10(9)14)19(17,18)16-8-4-2-1-3-5-8/h6-8,16H,1-5,15H2. The van der Waals surface area contributed by atoms with Crippen molar-refractivity contribution >= 4 is 31.6 Å². The number of nitrogen functional groups attached to an aromatic ring is 1. The van der Waals surface area contributed by atoms with Gasteiger partial charge in [-0.2, -0.15) is 0 Å². The molecule has 7 heteroatoms. The molecule has 0 saturated heterocycles. The van der Waals surface area contributed by atoms with Crippen molar-refractivity contribution in [3.63, 3.8) is 0 Å². The summed E-state index contributed by atoms with van der Waals surface area (Å²) >= 11 is 2.98. The van der Waals surface area contributed by atoms with Crippen LogP contribution in [0.4, 0.5) is 10.1 Å². The van der Waals surface area contributed by atoms with Gasteiger partial charge in [-0.25, -0.2) is 17.5 Å². The fourth-order valence-electron chi connectivity index (χ4n) is 2.28. The highest BCUT2D eigenvalue weighted by Crippen LogP contribution is 2.27. The predicted molar refractivity (Wildman–Crippen MR) is 75.7 cm³/mol. The van der Waals surface area contributed by atoms with Gasteiger partial charge in [0.1, 0.15) is 10.7 Å². The third kappa shape index (κ3) is 3.46. The molecule has 4 nitrogen and oxygen atoms in total. The minimum Gasteiger partial charge on any atom is -0.398 e. The lowest BCUT2D eigenvalue weighted by Crippen LogP contribution is -2.36. The van der Waals surface area contributed by atoms with Crippen LogP contribution in [0.5, 0.6) is 0 Å². The lowest BCUT2D eigenvalue weighted by molar-refractivity contribution is 0.412. The second-order valence-corrected chi connectivity index (χ2v) is 7.30. The van der Waals surface area contributed by atoms with Crippen LogP contribution in [0.25, 0.3) is 0 Å². The minimum atomic E-state index is -3.70. The van der Waals surface area contributed by atoms with Crippen LogP contribution in [0.1, 0.15) is 32.1 Å². The second kappa shape index (κ2) is 5.76. The van der Waals surface area contributed by atoms with Crippen molar-refractivity contribution in [2.24, 2.45) is 0 Å². The van der Waals surface area contributed by atoms with Gasteiger partial charge in [-0.3, -0.25) is 0 Å². The Labute approximate surface area is 120 Å². The normalized spacial score (nSPS) is 17.6. The third-order valence-electron chi connectivity index (χ3n) is 3.27. The number of nitrogens with two attached hydrogens (primary N) is 1. The van der Waals surface area contributed by atoms with Crippen molar-refractivity contribution in [3.05, 3.63) is 22.4 Å². The Hall–Kier alpha value is -0.660. The smallest absolute Gasteiger partial charge is 0.242 e. The number of hydrogen-bond donors (Lipinski definition) is 2. The van der Waals surface area contributed by atoms with E-state index in [1.165, 1.54) is 6.07 Å². The molecule has 0 aromatic heterocycles. The van der Waals surface area contributed by atoms with Crippen LogP contribution in [-0.2, 0) is 10.0 Å². The summed E-state index contributed by atoms with van der Waals surface area (Å²) < 4.78 is 40.5. The first kappa shape index (κ1) is 14.7. The van der Waals surface area contributed by atoms with Crippen molar-refractivity contribution < 1.29 is 12.8 Å². The summed E-state index contributed by atoms with van der Waals surface area (Å²) in [4.78, 5) is -0.0775. The summed E-state index contributed by atoms with van der Waals surface area (Å²) in [6.07, 6.45) is 4.86. The number of benzene rings is 1. The van der Waals surface area contributed by atoms with Crippen LogP contribution in [0.2, 0.25) is 0 Å². The SMILES string of the molecule is Nc1cc(F)c(Br)cc1S(=O)(=O)NC1CCCCC1. The van der Waals surface area contributed by atoms with Crippen molar-refractivity contribution in [1.82, 2.24) is 4.72 Å². The first-order chi connectivity index (χ1) is 8.90. The van der Waals surface area contributed by atoms with Gasteiger partial charge in [-0.1, -0.05) is 19.3 Å². The average molecular weight is 351 g/mol. The van der Waals surface area contributed by atoms with E-state index in [-0.39, 0.29) is 21.1 Å². The molecule has 1 aliphatic carbocycles. The molecule has 0 spiro atoms. The van der Waals surface area contributed by atoms with E-state index in [2.05, 4.69) is 20.7 Å². The van der Waals surface area contributed by atoms with Crippen molar-refractivity contribution in [3.8, 4) is 0 Å². The van der Waals surface area contributed by atoms with Crippen molar-refractivity contribution in [1.29, 1.82) is 0 Å². The Morgan fingerprint density at radius 3 is 2.53 bits per heavy atom. The lowest BCUT2D eigenvalue weighted by Gasteiger charge is -2.23. The summed E-state index contributed by atoms with van der Waals surface area (Å²) in [5.74, 6) is -0.575. The monoisotopic (exact) mass is 350 g/mol. The van der Waals surface area contributed by atoms with Gasteiger partial charge in [0.05, 0.1) is 10.2 Å². The number of nitrogens with one attached hydrogen (secondary N) is 1. The van der Waals surface area contributed by atoms with Crippen LogP contribution >= 0.6 is 15.9 Å². The third-order valence-corrected chi connectivity index (χ3v) is 5.45. The molecule has 1 aromatic rings. The van der Waals surface area contributed by atoms with E-state index in [0.717, 1.165) is 38.2 Å². The first-order valence-electron chi connectivity index (χ1n) is 6.17. The van der Waals surface area contributed by atoms with E-state index >= 15 is 0 Å². The van der Waals surface area contributed by atoms with Crippen LogP contribution in [-0.4, -0.2) is 14.5 Å². The molecule has 106 valence electrons. The number of hydrogen-bond acceptors (Lipinski definition) is 3. The Bertz CT molecular complexity index is 571. The summed E-state index contributed by atoms with van der Waals surface area (Å²) in [6.45, 7) is 0. The maximum Gasteiger partial charge on any atom is 0.242 e. The van der Waals surface area contributed by atoms with E-state index < -0.39 is 15.8 Å². The average Bonchev–Trinajstić information content (AvgIpc) is 2.34. The Morgan fingerprint density at radius 2 is 1.89 bits per heavy atom. The van der Waals surface area contributed by atoms with Gasteiger partial charge in [0.15, 0.2) is 0 Å². The van der Waals surface area contributed by atoms with E-state index in [1.807, 2.05) is 0 Å². The van der Waals surface area contributed by atoms with Crippen molar-refractivity contribution in [2.45, 2.75) is 43.0 Å². The van der Waals surface area contributed by atoms with Gasteiger partial charge < -0.3 is 5.73 Å². The molecule has 1 fully saturated rings. The zero-order valence-electron chi connectivity index (χ0n) is 10.3. The molecule has 2 rings (SSSR count). The van der Waals surface area contributed by atoms with E-state index in [9.17, 15) is 12.8 Å². The van der Waals surface area contributed by atoms with E-state index in [4.69, 9.17) is 5.73 Å². The zero-order valence-corrected chi connectivity index (χ0v) is 12.7. The van der Waals surface area contributed by atoms with Crippen LogP contribution in [0.3, 0.4) is 0 Å². The number of halogens is 2. The highest BCUT2D eigenvalue weighted by Gasteiger charge is 2.24. The molecule has 19 heavy (non-hydrogen) atoms. The van der Waals surface area contributed by atoms with Gasteiger partial charge in [0, 0.05) is 6.04 Å². The highest BCUT2D eigenvalue weighted by atomic mass is 79.9. The molecule has 1 aromatic carbocycles. The van der Waals surface area contributed by atoms with Crippen LogP contribution < -0.4 is 10.5 Å². The zero-order chi connectivity index (χ0) is 14.0. The molecular weight excluding hydrogens is 335 g/mol. The van der Waals surface area contributed by atoms with Gasteiger partial charge in [0.25, 0.3) is 0 Å². The fraction of sp³-hybridized carbons (Fsp3) is 0.500. The van der Waals surface area contributed by atoms with E-state index in [0.29, 0.717) is 0 Å². The predicted octanol–water partition coefficient (Wildman–Crippen LogP) is 2.78. The van der Waals surface area contributed by atoms with Gasteiger partial charge in [-0.05, 0) is 40.9 Å². The molecule has 0 bridgehead atoms. The van der Waals surface area contributed by atoms with Gasteiger partial charge >= 0.3 is 0 Å². The summed E-state index contributed by atoms with van der Waals surface area (Å²) in [6, 6.07) is 2.16. The number of rotatable bonds is 3. The lowest BCUT2D eigenvalue weighted by atomic mass is 9.96. The maximum atomic E-state index is 13.3. The molecule has 0 radical (unpaired) electrons. The summed E-state index contributed by atoms with van der Waals surface area (Å²) in [7, 11) is -3.70. The molecule has 0 heterocycles. The molecule has 1 saturated carbocycles. The van der Waals surface area contributed by atoms with Gasteiger partial charge in [-0.15, -0.1) is 0 Å². The van der Waals surface area contributed by atoms with E-state index in [1.54, 1.807) is 0 Å². The second-order valence-electron chi connectivity index (χ2n) is 4.76. The molecular formula is C12H16BrFN2O2S. The molecule has 0 amide bonds. The fourth-order valence-corrected chi connectivity index (χ4v) is 4.22. The number of sulfonamides is 1. The Balaban J connectivity index is 2.26. The maximum absolute atomic E-state index is 13.3. The van der Waals surface area contributed by atoms with Crippen LogP contribution in [0, 0.1) is 5.82 Å². The van der Waals surface area contributed by atoms with Crippen LogP contribution in [0.15, 0.2) is 21.5 Å².